The molecule has 1 aromatic carbocycles. The van der Waals surface area contributed by atoms with Crippen LogP contribution in [-0.4, -0.2) is 52.0 Å². The Morgan fingerprint density at radius 2 is 1.90 bits per heavy atom. The monoisotopic (exact) mass is 320 g/mol. The van der Waals surface area contributed by atoms with Gasteiger partial charge in [-0.3, -0.25) is 9.69 Å². The normalized spacial score (nSPS) is 21.0. The molecule has 0 radical (unpaired) electrons. The molecule has 2 aliphatic rings. The molecule has 3 rings (SSSR count). The number of likely N-dealkylation sites (tertiary alicyclic amines) is 1. The predicted molar refractivity (Wildman–Crippen MR) is 91.7 cm³/mol. The topological polar surface area (TPSA) is 23.6 Å². The van der Waals surface area contributed by atoms with Gasteiger partial charge in [-0.15, -0.1) is 0 Å². The van der Waals surface area contributed by atoms with Crippen LogP contribution in [0.15, 0.2) is 30.3 Å². The summed E-state index contributed by atoms with van der Waals surface area (Å²) in [4.78, 5) is 17.2. The first-order valence-electron chi connectivity index (χ1n) is 7.47. The first kappa shape index (κ1) is 15.0. The highest BCUT2D eigenvalue weighted by atomic mass is 32.2. The minimum atomic E-state index is 0.184. The molecule has 2 heterocycles. The summed E-state index contributed by atoms with van der Waals surface area (Å²) in [6.07, 6.45) is 1.92. The molecule has 0 unspecified atom stereocenters. The Morgan fingerprint density at radius 1 is 1.19 bits per heavy atom. The van der Waals surface area contributed by atoms with Gasteiger partial charge in [0.25, 0.3) is 0 Å². The largest absolute Gasteiger partial charge is 0.344 e. The molecular weight excluding hydrogens is 300 g/mol. The highest BCUT2D eigenvalue weighted by Gasteiger charge is 2.27. The molecule has 0 atom stereocenters. The maximum absolute atomic E-state index is 12.4. The molecule has 2 aliphatic heterocycles. The zero-order valence-electron chi connectivity index (χ0n) is 12.0. The Labute approximate surface area is 135 Å². The Balaban J connectivity index is 1.51. The van der Waals surface area contributed by atoms with Gasteiger partial charge in [-0.2, -0.15) is 0 Å². The quantitative estimate of drug-likeness (QED) is 0.627. The van der Waals surface area contributed by atoms with Gasteiger partial charge in [-0.1, -0.05) is 54.3 Å². The van der Waals surface area contributed by atoms with E-state index in [2.05, 4.69) is 9.80 Å². The van der Waals surface area contributed by atoms with Gasteiger partial charge in [0.15, 0.2) is 5.78 Å². The smallest absolute Gasteiger partial charge is 0.166 e. The van der Waals surface area contributed by atoms with Crippen molar-refractivity contribution in [2.24, 2.45) is 5.92 Å². The van der Waals surface area contributed by atoms with Crippen LogP contribution in [0.3, 0.4) is 0 Å². The van der Waals surface area contributed by atoms with Gasteiger partial charge in [0.1, 0.15) is 4.32 Å². The summed E-state index contributed by atoms with van der Waals surface area (Å²) < 4.78 is 1.03. The fourth-order valence-electron chi connectivity index (χ4n) is 2.97. The number of hydrogen-bond donors (Lipinski definition) is 0. The molecule has 0 spiro atoms. The number of nitrogens with zero attached hydrogens (tertiary/aromatic N) is 2. The lowest BCUT2D eigenvalue weighted by atomic mass is 9.89. The van der Waals surface area contributed by atoms with Crippen molar-refractivity contribution in [1.29, 1.82) is 0 Å². The lowest BCUT2D eigenvalue weighted by Crippen LogP contribution is -2.43. The van der Waals surface area contributed by atoms with Crippen molar-refractivity contribution in [3.05, 3.63) is 35.9 Å². The van der Waals surface area contributed by atoms with Gasteiger partial charge in [0.2, 0.25) is 0 Å². The third-order valence-corrected chi connectivity index (χ3v) is 5.74. The molecule has 5 heteroatoms. The van der Waals surface area contributed by atoms with E-state index >= 15 is 0 Å². The SMILES string of the molecule is O=C(c1ccccc1)C1CCN(CN2CCSC2=S)CC1. The van der Waals surface area contributed by atoms with Crippen molar-refractivity contribution in [1.82, 2.24) is 9.80 Å². The standard InChI is InChI=1S/C16H20N2OS2/c19-15(13-4-2-1-3-5-13)14-6-8-17(9-7-14)12-18-10-11-21-16(18)20/h1-5,14H,6-12H2. The Kier molecular flexibility index (Phi) is 4.93. The van der Waals surface area contributed by atoms with Crippen molar-refractivity contribution < 1.29 is 4.79 Å². The number of benzene rings is 1. The minimum Gasteiger partial charge on any atom is -0.344 e. The van der Waals surface area contributed by atoms with E-state index in [1.54, 1.807) is 11.8 Å². The number of carbonyl (C=O) groups is 1. The Morgan fingerprint density at radius 3 is 2.52 bits per heavy atom. The summed E-state index contributed by atoms with van der Waals surface area (Å²) in [7, 11) is 0. The van der Waals surface area contributed by atoms with Gasteiger partial charge in [0.05, 0.1) is 6.67 Å². The molecule has 0 N–H and O–H groups in total. The van der Waals surface area contributed by atoms with Crippen LogP contribution in [0.2, 0.25) is 0 Å². The molecule has 2 fully saturated rings. The van der Waals surface area contributed by atoms with E-state index in [0.29, 0.717) is 5.78 Å². The molecule has 0 bridgehead atoms. The number of hydrogen-bond acceptors (Lipinski definition) is 4. The second-order valence-electron chi connectivity index (χ2n) is 5.64. The van der Waals surface area contributed by atoms with E-state index in [0.717, 1.165) is 54.8 Å². The zero-order valence-corrected chi connectivity index (χ0v) is 13.7. The summed E-state index contributed by atoms with van der Waals surface area (Å²) in [5, 5.41) is 0. The van der Waals surface area contributed by atoms with Gasteiger partial charge in [0, 0.05) is 36.9 Å². The van der Waals surface area contributed by atoms with Crippen LogP contribution in [-0.2, 0) is 0 Å². The zero-order chi connectivity index (χ0) is 14.7. The van der Waals surface area contributed by atoms with Crippen LogP contribution < -0.4 is 0 Å². The molecule has 3 nitrogen and oxygen atoms in total. The van der Waals surface area contributed by atoms with E-state index in [4.69, 9.17) is 12.2 Å². The Bertz CT molecular complexity index is 512. The number of piperidine rings is 1. The second-order valence-corrected chi connectivity index (χ2v) is 7.37. The van der Waals surface area contributed by atoms with Gasteiger partial charge in [-0.25, -0.2) is 0 Å². The first-order valence-corrected chi connectivity index (χ1v) is 8.87. The molecule has 1 aromatic rings. The van der Waals surface area contributed by atoms with E-state index in [1.165, 1.54) is 0 Å². The summed E-state index contributed by atoms with van der Waals surface area (Å²) in [6.45, 7) is 3.98. The lowest BCUT2D eigenvalue weighted by molar-refractivity contribution is 0.0806. The molecular formula is C16H20N2OS2. The highest BCUT2D eigenvalue weighted by Crippen LogP contribution is 2.24. The third-order valence-electron chi connectivity index (χ3n) is 4.23. The number of ketones is 1. The first-order chi connectivity index (χ1) is 10.2. The number of rotatable bonds is 4. The highest BCUT2D eigenvalue weighted by molar-refractivity contribution is 8.23. The fraction of sp³-hybridized carbons (Fsp3) is 0.500. The van der Waals surface area contributed by atoms with Gasteiger partial charge < -0.3 is 4.90 Å². The second kappa shape index (κ2) is 6.90. The summed E-state index contributed by atoms with van der Waals surface area (Å²) in [6, 6.07) is 9.68. The minimum absolute atomic E-state index is 0.184. The van der Waals surface area contributed by atoms with Crippen molar-refractivity contribution in [3.8, 4) is 0 Å². The van der Waals surface area contributed by atoms with Crippen LogP contribution in [0, 0.1) is 5.92 Å². The number of Topliss-reactive ketones (excluding diaryl/α,β-unsaturated/α-hetero) is 1. The Hall–Kier alpha value is -0.910. The predicted octanol–water partition coefficient (Wildman–Crippen LogP) is 2.87. The molecule has 2 saturated heterocycles. The molecule has 0 aliphatic carbocycles. The van der Waals surface area contributed by atoms with Crippen molar-refractivity contribution in [2.75, 3.05) is 32.1 Å². The third kappa shape index (κ3) is 3.65. The summed E-state index contributed by atoms with van der Waals surface area (Å²) in [5.41, 5.74) is 0.855. The van der Waals surface area contributed by atoms with Crippen LogP contribution in [0.5, 0.6) is 0 Å². The molecule has 0 aromatic heterocycles. The van der Waals surface area contributed by atoms with Crippen LogP contribution >= 0.6 is 24.0 Å². The van der Waals surface area contributed by atoms with E-state index in [9.17, 15) is 4.79 Å². The van der Waals surface area contributed by atoms with E-state index in [1.807, 2.05) is 30.3 Å². The van der Waals surface area contributed by atoms with E-state index in [-0.39, 0.29) is 5.92 Å². The maximum Gasteiger partial charge on any atom is 0.166 e. The lowest BCUT2D eigenvalue weighted by Gasteiger charge is -2.34. The van der Waals surface area contributed by atoms with E-state index < -0.39 is 0 Å². The number of thiocarbonyl (C=S) groups is 1. The van der Waals surface area contributed by atoms with Crippen LogP contribution in [0.4, 0.5) is 0 Å². The molecule has 21 heavy (non-hydrogen) atoms. The van der Waals surface area contributed by atoms with Crippen molar-refractivity contribution in [2.45, 2.75) is 12.8 Å². The van der Waals surface area contributed by atoms with Gasteiger partial charge >= 0.3 is 0 Å². The van der Waals surface area contributed by atoms with Gasteiger partial charge in [-0.05, 0) is 12.8 Å². The molecule has 0 saturated carbocycles. The number of thioether (sulfide) groups is 1. The van der Waals surface area contributed by atoms with Crippen LogP contribution in [0.1, 0.15) is 23.2 Å². The van der Waals surface area contributed by atoms with Crippen molar-refractivity contribution in [3.63, 3.8) is 0 Å². The average Bonchev–Trinajstić information content (AvgIpc) is 2.93. The summed E-state index contributed by atoms with van der Waals surface area (Å²) >= 11 is 7.12. The number of carbonyl (C=O) groups excluding carboxylic acids is 1. The fourth-order valence-corrected chi connectivity index (χ4v) is 4.19. The summed E-state index contributed by atoms with van der Waals surface area (Å²) in [5.74, 6) is 1.60. The van der Waals surface area contributed by atoms with Crippen LogP contribution in [0.25, 0.3) is 0 Å². The molecule has 112 valence electrons. The average molecular weight is 320 g/mol. The molecule has 0 amide bonds. The van der Waals surface area contributed by atoms with Crippen molar-refractivity contribution >= 4 is 34.1 Å². The maximum atomic E-state index is 12.4.